The van der Waals surface area contributed by atoms with E-state index in [-0.39, 0.29) is 5.57 Å². The van der Waals surface area contributed by atoms with E-state index in [2.05, 4.69) is 34.1 Å². The largest absolute Gasteiger partial charge is 0.465 e. The van der Waals surface area contributed by atoms with Crippen LogP contribution < -0.4 is 0 Å². The third-order valence-electron chi connectivity index (χ3n) is 3.70. The highest BCUT2D eigenvalue weighted by atomic mass is 16.5. The summed E-state index contributed by atoms with van der Waals surface area (Å²) in [5, 5.41) is 13.6. The van der Waals surface area contributed by atoms with Crippen LogP contribution in [0.15, 0.2) is 29.8 Å². The van der Waals surface area contributed by atoms with E-state index in [1.54, 1.807) is 0 Å². The van der Waals surface area contributed by atoms with Gasteiger partial charge in [0.05, 0.1) is 19.3 Å². The average molecular weight is 309 g/mol. The van der Waals surface area contributed by atoms with Crippen LogP contribution in [0.25, 0.3) is 6.08 Å². The predicted octanol–water partition coefficient (Wildman–Crippen LogP) is 2.94. The number of hydrogen-bond acceptors (Lipinski definition) is 4. The molecular weight excluding hydrogens is 290 g/mol. The lowest BCUT2D eigenvalue weighted by Gasteiger charge is -2.05. The lowest BCUT2D eigenvalue weighted by Crippen LogP contribution is -2.04. The van der Waals surface area contributed by atoms with E-state index in [1.807, 2.05) is 31.5 Å². The molecule has 0 radical (unpaired) electrons. The van der Waals surface area contributed by atoms with Gasteiger partial charge in [-0.25, -0.2) is 4.79 Å². The molecule has 0 fully saturated rings. The normalized spacial score (nSPS) is 11.2. The van der Waals surface area contributed by atoms with Gasteiger partial charge in [-0.15, -0.1) is 0 Å². The number of methoxy groups -OCH3 is 1. The molecule has 0 aliphatic heterocycles. The Balaban J connectivity index is 2.36. The molecule has 0 saturated heterocycles. The minimum atomic E-state index is -0.641. The topological polar surface area (TPSA) is 67.9 Å². The highest BCUT2D eigenvalue weighted by Gasteiger charge is 2.14. The first-order chi connectivity index (χ1) is 11.0. The molecule has 0 saturated carbocycles. The molecule has 2 rings (SSSR count). The zero-order valence-electron chi connectivity index (χ0n) is 13.8. The maximum atomic E-state index is 11.6. The molecular formula is C18H19N3O2. The van der Waals surface area contributed by atoms with E-state index in [1.165, 1.54) is 18.7 Å². The monoisotopic (exact) mass is 309 g/mol. The molecule has 5 nitrogen and oxygen atoms in total. The van der Waals surface area contributed by atoms with Crippen LogP contribution in [0, 0.1) is 32.1 Å². The first-order valence-corrected chi connectivity index (χ1v) is 7.26. The second-order valence-electron chi connectivity index (χ2n) is 5.39. The fourth-order valence-electron chi connectivity index (χ4n) is 2.33. The number of rotatable bonds is 4. The number of carbonyl (C=O) groups is 1. The van der Waals surface area contributed by atoms with Crippen molar-refractivity contribution in [3.63, 3.8) is 0 Å². The summed E-state index contributed by atoms with van der Waals surface area (Å²) in [5.74, 6) is -0.641. The van der Waals surface area contributed by atoms with E-state index >= 15 is 0 Å². The van der Waals surface area contributed by atoms with Crippen molar-refractivity contribution in [3.8, 4) is 6.07 Å². The molecule has 0 unspecified atom stereocenters. The Morgan fingerprint density at radius 3 is 2.52 bits per heavy atom. The van der Waals surface area contributed by atoms with E-state index < -0.39 is 5.97 Å². The lowest BCUT2D eigenvalue weighted by atomic mass is 10.1. The highest BCUT2D eigenvalue weighted by molar-refractivity contribution is 5.98. The van der Waals surface area contributed by atoms with Crippen molar-refractivity contribution < 1.29 is 9.53 Å². The average Bonchev–Trinajstić information content (AvgIpc) is 2.80. The highest BCUT2D eigenvalue weighted by Crippen LogP contribution is 2.18. The molecule has 0 spiro atoms. The van der Waals surface area contributed by atoms with Crippen molar-refractivity contribution in [1.82, 2.24) is 9.78 Å². The van der Waals surface area contributed by atoms with Crippen LogP contribution in [-0.2, 0) is 16.1 Å². The van der Waals surface area contributed by atoms with Gasteiger partial charge in [0.25, 0.3) is 0 Å². The molecule has 1 aromatic heterocycles. The van der Waals surface area contributed by atoms with Crippen molar-refractivity contribution >= 4 is 12.0 Å². The Morgan fingerprint density at radius 2 is 1.96 bits per heavy atom. The molecule has 0 bridgehead atoms. The van der Waals surface area contributed by atoms with Crippen LogP contribution >= 0.6 is 0 Å². The van der Waals surface area contributed by atoms with E-state index in [9.17, 15) is 4.79 Å². The van der Waals surface area contributed by atoms with Crippen LogP contribution in [0.3, 0.4) is 0 Å². The molecule has 1 heterocycles. The Hall–Kier alpha value is -2.87. The molecule has 0 N–H and O–H groups in total. The van der Waals surface area contributed by atoms with Gasteiger partial charge in [0, 0.05) is 11.3 Å². The van der Waals surface area contributed by atoms with Crippen LogP contribution in [0.2, 0.25) is 0 Å². The molecule has 5 heteroatoms. The van der Waals surface area contributed by atoms with Crippen molar-refractivity contribution in [2.45, 2.75) is 27.3 Å². The van der Waals surface area contributed by atoms with Crippen molar-refractivity contribution in [3.05, 3.63) is 57.9 Å². The summed E-state index contributed by atoms with van der Waals surface area (Å²) in [5.41, 5.74) is 4.77. The van der Waals surface area contributed by atoms with Gasteiger partial charge in [0.15, 0.2) is 0 Å². The molecule has 2 aromatic rings. The second-order valence-corrected chi connectivity index (χ2v) is 5.39. The number of hydrogen-bond donors (Lipinski definition) is 0. The molecule has 0 amide bonds. The van der Waals surface area contributed by atoms with Gasteiger partial charge in [-0.05, 0) is 32.4 Å². The van der Waals surface area contributed by atoms with Crippen LogP contribution in [0.4, 0.5) is 0 Å². The number of nitriles is 1. The summed E-state index contributed by atoms with van der Waals surface area (Å²) in [6, 6.07) is 10.1. The summed E-state index contributed by atoms with van der Waals surface area (Å²) in [4.78, 5) is 11.6. The Bertz CT molecular complexity index is 793. The number of benzene rings is 1. The maximum Gasteiger partial charge on any atom is 0.348 e. The zero-order chi connectivity index (χ0) is 17.0. The summed E-state index contributed by atoms with van der Waals surface area (Å²) >= 11 is 0. The third kappa shape index (κ3) is 3.67. The SMILES string of the molecule is COC(=O)/C(C#N)=C/c1c(C)nn(Cc2ccc(C)cc2)c1C. The van der Waals surface area contributed by atoms with Crippen molar-refractivity contribution in [2.75, 3.05) is 7.11 Å². The molecule has 0 aliphatic carbocycles. The molecule has 1 aromatic carbocycles. The molecule has 0 aliphatic rings. The first kappa shape index (κ1) is 16.5. The fourth-order valence-corrected chi connectivity index (χ4v) is 2.33. The van der Waals surface area contributed by atoms with Gasteiger partial charge in [-0.3, -0.25) is 4.68 Å². The Morgan fingerprint density at radius 1 is 1.30 bits per heavy atom. The summed E-state index contributed by atoms with van der Waals surface area (Å²) in [7, 11) is 1.26. The van der Waals surface area contributed by atoms with Gasteiger partial charge < -0.3 is 4.74 Å². The molecule has 0 atom stereocenters. The number of aryl methyl sites for hydroxylation is 2. The summed E-state index contributed by atoms with van der Waals surface area (Å²) in [6.45, 7) is 6.47. The van der Waals surface area contributed by atoms with Gasteiger partial charge in [0.2, 0.25) is 0 Å². The van der Waals surface area contributed by atoms with Gasteiger partial charge in [-0.2, -0.15) is 10.4 Å². The standard InChI is InChI=1S/C18H19N3O2/c1-12-5-7-15(8-6-12)11-21-14(3)17(13(2)20-21)9-16(10-19)18(22)23-4/h5-9H,11H2,1-4H3/b16-9+. The fraction of sp³-hybridized carbons (Fsp3) is 0.278. The second kappa shape index (κ2) is 6.93. The number of aromatic nitrogens is 2. The minimum Gasteiger partial charge on any atom is -0.465 e. The summed E-state index contributed by atoms with van der Waals surface area (Å²) in [6.07, 6.45) is 1.54. The van der Waals surface area contributed by atoms with Crippen molar-refractivity contribution in [1.29, 1.82) is 5.26 Å². The Kier molecular flexibility index (Phi) is 4.97. The maximum absolute atomic E-state index is 11.6. The number of esters is 1. The number of nitrogens with zero attached hydrogens (tertiary/aromatic N) is 3. The van der Waals surface area contributed by atoms with Crippen molar-refractivity contribution in [2.24, 2.45) is 0 Å². The Labute approximate surface area is 135 Å². The van der Waals surface area contributed by atoms with E-state index in [0.717, 1.165) is 22.5 Å². The first-order valence-electron chi connectivity index (χ1n) is 7.26. The minimum absolute atomic E-state index is 0.0337. The smallest absolute Gasteiger partial charge is 0.348 e. The van der Waals surface area contributed by atoms with Crippen LogP contribution in [0.5, 0.6) is 0 Å². The number of carbonyl (C=O) groups excluding carboxylic acids is 1. The van der Waals surface area contributed by atoms with Gasteiger partial charge in [-0.1, -0.05) is 29.8 Å². The van der Waals surface area contributed by atoms with E-state index in [0.29, 0.717) is 6.54 Å². The van der Waals surface area contributed by atoms with Crippen LogP contribution in [0.1, 0.15) is 28.1 Å². The quantitative estimate of drug-likeness (QED) is 0.495. The van der Waals surface area contributed by atoms with Gasteiger partial charge >= 0.3 is 5.97 Å². The van der Waals surface area contributed by atoms with E-state index in [4.69, 9.17) is 5.26 Å². The molecule has 118 valence electrons. The molecule has 23 heavy (non-hydrogen) atoms. The lowest BCUT2D eigenvalue weighted by molar-refractivity contribution is -0.135. The van der Waals surface area contributed by atoms with Gasteiger partial charge in [0.1, 0.15) is 11.6 Å². The third-order valence-corrected chi connectivity index (χ3v) is 3.70. The summed E-state index contributed by atoms with van der Waals surface area (Å²) < 4.78 is 6.49. The predicted molar refractivity (Wildman–Crippen MR) is 87.6 cm³/mol. The zero-order valence-corrected chi connectivity index (χ0v) is 13.8. The number of ether oxygens (including phenoxy) is 1. The van der Waals surface area contributed by atoms with Crippen LogP contribution in [-0.4, -0.2) is 22.9 Å².